The van der Waals surface area contributed by atoms with Crippen molar-refractivity contribution in [1.82, 2.24) is 0 Å². The molecule has 0 atom stereocenters. The van der Waals surface area contributed by atoms with Gasteiger partial charge in [-0.2, -0.15) is 0 Å². The van der Waals surface area contributed by atoms with E-state index in [1.807, 2.05) is 57.2 Å². The average Bonchev–Trinajstić information content (AvgIpc) is 2.36. The highest BCUT2D eigenvalue weighted by molar-refractivity contribution is 9.10. The van der Waals surface area contributed by atoms with E-state index in [2.05, 4.69) is 35.0 Å². The summed E-state index contributed by atoms with van der Waals surface area (Å²) in [5.41, 5.74) is 8.81. The zero-order valence-corrected chi connectivity index (χ0v) is 13.2. The third-order valence-electron chi connectivity index (χ3n) is 2.05. The first-order valence-electron chi connectivity index (χ1n) is 6.12. The summed E-state index contributed by atoms with van der Waals surface area (Å²) in [6.45, 7) is 8.10. The summed E-state index contributed by atoms with van der Waals surface area (Å²) in [5, 5.41) is 0. The van der Waals surface area contributed by atoms with Crippen LogP contribution in [-0.2, 0) is 0 Å². The van der Waals surface area contributed by atoms with Crippen LogP contribution in [0.1, 0.15) is 25.0 Å². The summed E-state index contributed by atoms with van der Waals surface area (Å²) in [5.74, 6) is 0. The van der Waals surface area contributed by atoms with Gasteiger partial charge in [0.25, 0.3) is 0 Å². The minimum Gasteiger partial charge on any atom is -0.399 e. The zero-order valence-electron chi connectivity index (χ0n) is 11.6. The molecule has 0 spiro atoms. The number of halogens is 1. The summed E-state index contributed by atoms with van der Waals surface area (Å²) in [7, 11) is 0. The van der Waals surface area contributed by atoms with Crippen LogP contribution in [0.15, 0.2) is 53.0 Å². The molecule has 0 aliphatic heterocycles. The van der Waals surface area contributed by atoms with Crippen molar-refractivity contribution in [2.24, 2.45) is 0 Å². The Balaban J connectivity index is 0.000000283. The Morgan fingerprint density at radius 2 is 1.39 bits per heavy atom. The van der Waals surface area contributed by atoms with Crippen LogP contribution in [0.5, 0.6) is 0 Å². The van der Waals surface area contributed by atoms with Crippen molar-refractivity contribution < 1.29 is 0 Å². The predicted molar refractivity (Wildman–Crippen MR) is 85.8 cm³/mol. The number of anilines is 1. The summed E-state index contributed by atoms with van der Waals surface area (Å²) in [6, 6.07) is 16.0. The van der Waals surface area contributed by atoms with Crippen molar-refractivity contribution in [2.75, 3.05) is 5.73 Å². The molecule has 0 saturated carbocycles. The second kappa shape index (κ2) is 9.72. The van der Waals surface area contributed by atoms with Crippen LogP contribution in [0.4, 0.5) is 5.69 Å². The topological polar surface area (TPSA) is 26.0 Å². The molecule has 0 aromatic heterocycles. The summed E-state index contributed by atoms with van der Waals surface area (Å²) >= 11 is 3.35. The predicted octanol–water partition coefficient (Wildman–Crippen LogP) is 5.36. The summed E-state index contributed by atoms with van der Waals surface area (Å²) in [6.07, 6.45) is 0. The Hall–Kier alpha value is -1.28. The van der Waals surface area contributed by atoms with Gasteiger partial charge >= 0.3 is 0 Å². The highest BCUT2D eigenvalue weighted by Crippen LogP contribution is 2.08. The quantitative estimate of drug-likeness (QED) is 0.651. The number of hydrogen-bond donors (Lipinski definition) is 1. The molecule has 0 saturated heterocycles. The Morgan fingerprint density at radius 3 is 1.72 bits per heavy atom. The van der Waals surface area contributed by atoms with Crippen molar-refractivity contribution in [3.05, 3.63) is 64.1 Å². The lowest BCUT2D eigenvalue weighted by Gasteiger charge is -1.91. The molecule has 0 unspecified atom stereocenters. The Bertz CT molecular complexity index is 397. The van der Waals surface area contributed by atoms with E-state index in [9.17, 15) is 0 Å². The molecule has 2 aromatic carbocycles. The highest BCUT2D eigenvalue weighted by atomic mass is 79.9. The van der Waals surface area contributed by atoms with E-state index in [0.29, 0.717) is 0 Å². The van der Waals surface area contributed by atoms with Crippen LogP contribution >= 0.6 is 15.9 Å². The van der Waals surface area contributed by atoms with Gasteiger partial charge in [-0.1, -0.05) is 59.6 Å². The van der Waals surface area contributed by atoms with Crippen LogP contribution in [0, 0.1) is 13.8 Å². The van der Waals surface area contributed by atoms with Gasteiger partial charge in [-0.3, -0.25) is 0 Å². The summed E-state index contributed by atoms with van der Waals surface area (Å²) in [4.78, 5) is 0. The SMILES string of the molecule is CC.Cc1ccc(Br)cc1.Cc1cccc(N)c1. The molecule has 18 heavy (non-hydrogen) atoms. The van der Waals surface area contributed by atoms with Crippen molar-refractivity contribution in [2.45, 2.75) is 27.7 Å². The van der Waals surface area contributed by atoms with Gasteiger partial charge in [-0.15, -0.1) is 0 Å². The third kappa shape index (κ3) is 7.91. The van der Waals surface area contributed by atoms with E-state index in [1.165, 1.54) is 11.1 Å². The maximum Gasteiger partial charge on any atom is 0.0316 e. The lowest BCUT2D eigenvalue weighted by molar-refractivity contribution is 1.46. The molecule has 0 aliphatic carbocycles. The maximum atomic E-state index is 5.46. The standard InChI is InChI=1S/C7H7Br.C7H9N.C2H6/c1-6-2-4-7(8)5-3-6;1-6-3-2-4-7(8)5-6;1-2/h2-5H,1H3;2-5H,8H2,1H3;1-2H3. The first-order chi connectivity index (χ1) is 8.58. The Labute approximate surface area is 119 Å². The second-order valence-electron chi connectivity index (χ2n) is 3.71. The van der Waals surface area contributed by atoms with Crippen LogP contribution in [-0.4, -0.2) is 0 Å². The summed E-state index contributed by atoms with van der Waals surface area (Å²) < 4.78 is 1.14. The number of benzene rings is 2. The molecule has 0 aliphatic rings. The van der Waals surface area contributed by atoms with Gasteiger partial charge < -0.3 is 5.73 Å². The lowest BCUT2D eigenvalue weighted by atomic mass is 10.2. The van der Waals surface area contributed by atoms with E-state index in [1.54, 1.807) is 0 Å². The Kier molecular flexibility index (Phi) is 9.03. The molecule has 1 nitrogen and oxygen atoms in total. The van der Waals surface area contributed by atoms with Gasteiger partial charge in [0.2, 0.25) is 0 Å². The van der Waals surface area contributed by atoms with E-state index in [0.717, 1.165) is 10.2 Å². The van der Waals surface area contributed by atoms with Crippen LogP contribution in [0.2, 0.25) is 0 Å². The molecule has 2 N–H and O–H groups in total. The normalized spacial score (nSPS) is 8.50. The fourth-order valence-electron chi connectivity index (χ4n) is 1.20. The van der Waals surface area contributed by atoms with Crippen LogP contribution in [0.25, 0.3) is 0 Å². The molecule has 0 bridgehead atoms. The number of nitrogens with two attached hydrogens (primary N) is 1. The molecular formula is C16H22BrN. The largest absolute Gasteiger partial charge is 0.399 e. The van der Waals surface area contributed by atoms with Gasteiger partial charge in [0.15, 0.2) is 0 Å². The highest BCUT2D eigenvalue weighted by Gasteiger charge is 1.82. The van der Waals surface area contributed by atoms with Gasteiger partial charge in [-0.25, -0.2) is 0 Å². The molecule has 2 rings (SSSR count). The lowest BCUT2D eigenvalue weighted by Crippen LogP contribution is -1.82. The Morgan fingerprint density at radius 1 is 0.833 bits per heavy atom. The molecule has 0 radical (unpaired) electrons. The van der Waals surface area contributed by atoms with Crippen LogP contribution in [0.3, 0.4) is 0 Å². The van der Waals surface area contributed by atoms with Crippen LogP contribution < -0.4 is 5.73 Å². The molecule has 0 amide bonds. The second-order valence-corrected chi connectivity index (χ2v) is 4.63. The molecule has 0 heterocycles. The number of hydrogen-bond acceptors (Lipinski definition) is 1. The van der Waals surface area contributed by atoms with Gasteiger partial charge in [-0.05, 0) is 43.7 Å². The van der Waals surface area contributed by atoms with E-state index in [-0.39, 0.29) is 0 Å². The third-order valence-corrected chi connectivity index (χ3v) is 2.58. The average molecular weight is 308 g/mol. The fourth-order valence-corrected chi connectivity index (χ4v) is 1.47. The first kappa shape index (κ1) is 16.7. The zero-order chi connectivity index (χ0) is 14.0. The smallest absolute Gasteiger partial charge is 0.0316 e. The number of nitrogen functional groups attached to an aromatic ring is 1. The van der Waals surface area contributed by atoms with Gasteiger partial charge in [0.05, 0.1) is 0 Å². The van der Waals surface area contributed by atoms with E-state index < -0.39 is 0 Å². The molecule has 2 aromatic rings. The van der Waals surface area contributed by atoms with Crippen molar-refractivity contribution in [1.29, 1.82) is 0 Å². The molecule has 0 fully saturated rings. The maximum absolute atomic E-state index is 5.46. The van der Waals surface area contributed by atoms with Gasteiger partial charge in [0.1, 0.15) is 0 Å². The van der Waals surface area contributed by atoms with Crippen molar-refractivity contribution in [3.63, 3.8) is 0 Å². The fraction of sp³-hybridized carbons (Fsp3) is 0.250. The first-order valence-corrected chi connectivity index (χ1v) is 6.91. The molecule has 2 heteroatoms. The van der Waals surface area contributed by atoms with E-state index >= 15 is 0 Å². The number of aryl methyl sites for hydroxylation is 2. The number of rotatable bonds is 0. The molecular weight excluding hydrogens is 286 g/mol. The van der Waals surface area contributed by atoms with E-state index in [4.69, 9.17) is 5.73 Å². The van der Waals surface area contributed by atoms with Gasteiger partial charge in [0, 0.05) is 10.2 Å². The minimum atomic E-state index is 0.838. The van der Waals surface area contributed by atoms with Crippen molar-refractivity contribution >= 4 is 21.6 Å². The minimum absolute atomic E-state index is 0.838. The monoisotopic (exact) mass is 307 g/mol. The van der Waals surface area contributed by atoms with Crippen molar-refractivity contribution in [3.8, 4) is 0 Å². The molecule has 98 valence electrons.